The first-order chi connectivity index (χ1) is 7.27. The Labute approximate surface area is 92.1 Å². The van der Waals surface area contributed by atoms with E-state index in [1.165, 1.54) is 0 Å². The van der Waals surface area contributed by atoms with Crippen molar-refractivity contribution in [1.82, 2.24) is 4.98 Å². The van der Waals surface area contributed by atoms with Gasteiger partial charge in [0.1, 0.15) is 0 Å². The Morgan fingerprint density at radius 1 is 1.40 bits per heavy atom. The van der Waals surface area contributed by atoms with Crippen molar-refractivity contribution in [2.45, 2.75) is 20.8 Å². The van der Waals surface area contributed by atoms with Gasteiger partial charge < -0.3 is 0 Å². The molecule has 1 heterocycles. The maximum absolute atomic E-state index is 4.34. The van der Waals surface area contributed by atoms with E-state index in [-0.39, 0.29) is 0 Å². The third-order valence-electron chi connectivity index (χ3n) is 1.63. The van der Waals surface area contributed by atoms with Crippen LogP contribution in [0.5, 0.6) is 0 Å². The van der Waals surface area contributed by atoms with Crippen molar-refractivity contribution < 1.29 is 0 Å². The molecule has 0 bridgehead atoms. The molecule has 0 aliphatic heterocycles. The van der Waals surface area contributed by atoms with Crippen LogP contribution in [0.1, 0.15) is 25.2 Å². The quantitative estimate of drug-likeness (QED) is 0.542. The highest BCUT2D eigenvalue weighted by Gasteiger charge is 1.97. The fourth-order valence-electron chi connectivity index (χ4n) is 1.03. The Bertz CT molecular complexity index is 351. The summed E-state index contributed by atoms with van der Waals surface area (Å²) < 4.78 is 0. The highest BCUT2D eigenvalue weighted by Crippen LogP contribution is 2.12. The lowest BCUT2D eigenvalue weighted by molar-refractivity contribution is 1.17. The van der Waals surface area contributed by atoms with Crippen LogP contribution in [-0.2, 0) is 0 Å². The van der Waals surface area contributed by atoms with Gasteiger partial charge in [-0.05, 0) is 25.8 Å². The van der Waals surface area contributed by atoms with Crippen molar-refractivity contribution in [2.24, 2.45) is 4.99 Å². The van der Waals surface area contributed by atoms with Crippen LogP contribution in [0, 0.1) is 6.92 Å². The summed E-state index contributed by atoms with van der Waals surface area (Å²) in [6.07, 6.45) is 3.37. The summed E-state index contributed by atoms with van der Waals surface area (Å²) in [6, 6.07) is 5.83. The van der Waals surface area contributed by atoms with E-state index in [2.05, 4.69) is 23.3 Å². The smallest absolute Gasteiger partial charge is 0.0720 e. The topological polar surface area (TPSA) is 25.2 Å². The van der Waals surface area contributed by atoms with Crippen LogP contribution in [0.4, 0.5) is 0 Å². The van der Waals surface area contributed by atoms with Gasteiger partial charge in [-0.1, -0.05) is 32.6 Å². The molecule has 1 aromatic rings. The number of hydrogen-bond donors (Lipinski definition) is 0. The molecule has 0 aliphatic rings. The molecule has 15 heavy (non-hydrogen) atoms. The van der Waals surface area contributed by atoms with Crippen LogP contribution in [-0.4, -0.2) is 11.7 Å². The zero-order valence-electron chi connectivity index (χ0n) is 9.70. The molecule has 0 saturated carbocycles. The molecule has 0 N–H and O–H groups in total. The SMILES string of the molecule is C=C/C(=C\N=C)c1cccc(C)n1.CC. The van der Waals surface area contributed by atoms with Gasteiger partial charge in [-0.2, -0.15) is 0 Å². The maximum Gasteiger partial charge on any atom is 0.0720 e. The molecule has 2 heteroatoms. The van der Waals surface area contributed by atoms with Crippen molar-refractivity contribution in [2.75, 3.05) is 0 Å². The van der Waals surface area contributed by atoms with Crippen LogP contribution in [0.2, 0.25) is 0 Å². The zero-order valence-corrected chi connectivity index (χ0v) is 9.70. The van der Waals surface area contributed by atoms with Crippen molar-refractivity contribution in [3.05, 3.63) is 48.4 Å². The van der Waals surface area contributed by atoms with Gasteiger partial charge in [-0.3, -0.25) is 9.98 Å². The van der Waals surface area contributed by atoms with E-state index >= 15 is 0 Å². The molecule has 0 aromatic carbocycles. The molecule has 0 aliphatic carbocycles. The summed E-state index contributed by atoms with van der Waals surface area (Å²) in [4.78, 5) is 8.03. The van der Waals surface area contributed by atoms with E-state index in [9.17, 15) is 0 Å². The number of aromatic nitrogens is 1. The molecule has 1 aromatic heterocycles. The molecule has 1 rings (SSSR count). The molecule has 0 radical (unpaired) electrons. The number of rotatable bonds is 3. The molecule has 80 valence electrons. The molecule has 0 saturated heterocycles. The van der Waals surface area contributed by atoms with E-state index in [0.29, 0.717) is 0 Å². The second kappa shape index (κ2) is 7.68. The van der Waals surface area contributed by atoms with Crippen LogP contribution in [0.15, 0.2) is 42.0 Å². The zero-order chi connectivity index (χ0) is 11.7. The molecule has 0 atom stereocenters. The number of aliphatic imine (C=N–C) groups is 1. The summed E-state index contributed by atoms with van der Waals surface area (Å²) in [7, 11) is 0. The average molecular weight is 202 g/mol. The number of hydrogen-bond acceptors (Lipinski definition) is 2. The Balaban J connectivity index is 0.000000921. The van der Waals surface area contributed by atoms with Gasteiger partial charge in [-0.25, -0.2) is 0 Å². The molecule has 0 spiro atoms. The van der Waals surface area contributed by atoms with Crippen LogP contribution in [0.25, 0.3) is 5.57 Å². The number of allylic oxidation sites excluding steroid dienone is 2. The average Bonchev–Trinajstić information content (AvgIpc) is 2.28. The first kappa shape index (κ1) is 13.3. The molecular weight excluding hydrogens is 184 g/mol. The largest absolute Gasteiger partial charge is 0.272 e. The molecule has 0 unspecified atom stereocenters. The van der Waals surface area contributed by atoms with Gasteiger partial charge >= 0.3 is 0 Å². The van der Waals surface area contributed by atoms with Gasteiger partial charge in [-0.15, -0.1) is 0 Å². The minimum Gasteiger partial charge on any atom is -0.272 e. The molecule has 0 amide bonds. The summed E-state index contributed by atoms with van der Waals surface area (Å²) in [5.41, 5.74) is 2.75. The minimum atomic E-state index is 0.877. The fraction of sp³-hybridized carbons (Fsp3) is 0.231. The lowest BCUT2D eigenvalue weighted by atomic mass is 10.2. The van der Waals surface area contributed by atoms with Crippen molar-refractivity contribution in [3.63, 3.8) is 0 Å². The minimum absolute atomic E-state index is 0.877. The van der Waals surface area contributed by atoms with Gasteiger partial charge in [0.15, 0.2) is 0 Å². The lowest BCUT2D eigenvalue weighted by Crippen LogP contribution is -1.88. The second-order valence-electron chi connectivity index (χ2n) is 2.64. The van der Waals surface area contributed by atoms with Crippen molar-refractivity contribution in [3.8, 4) is 0 Å². The maximum atomic E-state index is 4.34. The first-order valence-electron chi connectivity index (χ1n) is 5.00. The highest BCUT2D eigenvalue weighted by atomic mass is 14.7. The Morgan fingerprint density at radius 2 is 2.07 bits per heavy atom. The standard InChI is InChI=1S/C11H12N2.C2H6/c1-4-10(8-12-3)11-7-5-6-9(2)13-11;1-2/h4-8H,1,3H2,2H3;1-2H3/b10-8+;. The fourth-order valence-corrected chi connectivity index (χ4v) is 1.03. The predicted molar refractivity (Wildman–Crippen MR) is 68.0 cm³/mol. The Morgan fingerprint density at radius 3 is 2.53 bits per heavy atom. The van der Waals surface area contributed by atoms with E-state index in [1.807, 2.05) is 39.0 Å². The van der Waals surface area contributed by atoms with Gasteiger partial charge in [0.25, 0.3) is 0 Å². The summed E-state index contributed by atoms with van der Waals surface area (Å²) in [5.74, 6) is 0. The third kappa shape index (κ3) is 4.36. The Kier molecular flexibility index (Phi) is 6.81. The third-order valence-corrected chi connectivity index (χ3v) is 1.63. The van der Waals surface area contributed by atoms with Gasteiger partial charge in [0, 0.05) is 17.5 Å². The van der Waals surface area contributed by atoms with Crippen molar-refractivity contribution in [1.29, 1.82) is 0 Å². The summed E-state index contributed by atoms with van der Waals surface area (Å²) >= 11 is 0. The normalized spacial score (nSPS) is 9.93. The summed E-state index contributed by atoms with van der Waals surface area (Å²) in [6.45, 7) is 13.0. The molecule has 0 fully saturated rings. The monoisotopic (exact) mass is 202 g/mol. The number of nitrogens with zero attached hydrogens (tertiary/aromatic N) is 2. The lowest BCUT2D eigenvalue weighted by Gasteiger charge is -2.00. The van der Waals surface area contributed by atoms with Crippen molar-refractivity contribution >= 4 is 12.3 Å². The van der Waals surface area contributed by atoms with Gasteiger partial charge in [0.2, 0.25) is 0 Å². The van der Waals surface area contributed by atoms with E-state index in [1.54, 1.807) is 12.3 Å². The van der Waals surface area contributed by atoms with E-state index in [4.69, 9.17) is 0 Å². The van der Waals surface area contributed by atoms with Crippen LogP contribution in [0.3, 0.4) is 0 Å². The van der Waals surface area contributed by atoms with Crippen LogP contribution < -0.4 is 0 Å². The van der Waals surface area contributed by atoms with Crippen LogP contribution >= 0.6 is 0 Å². The summed E-state index contributed by atoms with van der Waals surface area (Å²) in [5, 5.41) is 0. The first-order valence-corrected chi connectivity index (χ1v) is 5.00. The number of aryl methyl sites for hydroxylation is 1. The van der Waals surface area contributed by atoms with E-state index < -0.39 is 0 Å². The number of pyridine rings is 1. The van der Waals surface area contributed by atoms with Gasteiger partial charge in [0.05, 0.1) is 5.69 Å². The molecule has 2 nitrogen and oxygen atoms in total. The Hall–Kier alpha value is -1.70. The van der Waals surface area contributed by atoms with E-state index in [0.717, 1.165) is 17.0 Å². The highest BCUT2D eigenvalue weighted by molar-refractivity contribution is 5.71. The predicted octanol–water partition coefficient (Wildman–Crippen LogP) is 3.64. The second-order valence-corrected chi connectivity index (χ2v) is 2.64. The molecular formula is C13H18N2.